The number of hydrogen-bond acceptors (Lipinski definition) is 2. The number of nitrogens with one attached hydrogen (secondary N) is 1. The van der Waals surface area contributed by atoms with Gasteiger partial charge < -0.3 is 10.2 Å². The third-order valence-corrected chi connectivity index (χ3v) is 4.08. The first-order chi connectivity index (χ1) is 8.95. The minimum Gasteiger partial charge on any atom is -0.340 e. The molecule has 0 atom stereocenters. The highest BCUT2D eigenvalue weighted by Crippen LogP contribution is 2.22. The van der Waals surface area contributed by atoms with Crippen LogP contribution in [0.4, 0.5) is 0 Å². The van der Waals surface area contributed by atoms with E-state index in [9.17, 15) is 9.59 Å². The first-order valence-electron chi connectivity index (χ1n) is 7.55. The fraction of sp³-hybridized carbons (Fsp3) is 0.867. The van der Waals surface area contributed by atoms with E-state index in [1.165, 1.54) is 6.42 Å². The van der Waals surface area contributed by atoms with Gasteiger partial charge in [0.2, 0.25) is 11.8 Å². The zero-order chi connectivity index (χ0) is 14.5. The highest BCUT2D eigenvalue weighted by Gasteiger charge is 2.43. The molecule has 1 fully saturated rings. The number of rotatable bonds is 7. The Hall–Kier alpha value is -1.06. The van der Waals surface area contributed by atoms with Gasteiger partial charge in [-0.3, -0.25) is 9.59 Å². The fourth-order valence-electron chi connectivity index (χ4n) is 2.67. The van der Waals surface area contributed by atoms with Crippen LogP contribution in [0, 0.1) is 5.92 Å². The summed E-state index contributed by atoms with van der Waals surface area (Å²) in [7, 11) is 0. The summed E-state index contributed by atoms with van der Waals surface area (Å²) in [6.45, 7) is 9.27. The summed E-state index contributed by atoms with van der Waals surface area (Å²) in [4.78, 5) is 26.0. The molecular formula is C15H28N2O2. The summed E-state index contributed by atoms with van der Waals surface area (Å²) < 4.78 is 0. The molecule has 0 aromatic rings. The van der Waals surface area contributed by atoms with Gasteiger partial charge in [-0.15, -0.1) is 0 Å². The van der Waals surface area contributed by atoms with Crippen molar-refractivity contribution in [1.82, 2.24) is 10.2 Å². The van der Waals surface area contributed by atoms with Gasteiger partial charge >= 0.3 is 0 Å². The number of nitrogens with zero attached hydrogens (tertiary/aromatic N) is 1. The maximum absolute atomic E-state index is 12.5. The number of amides is 2. The molecule has 4 heteroatoms. The van der Waals surface area contributed by atoms with Crippen molar-refractivity contribution >= 4 is 11.8 Å². The molecule has 0 aromatic carbocycles. The van der Waals surface area contributed by atoms with Crippen molar-refractivity contribution in [2.24, 2.45) is 5.92 Å². The van der Waals surface area contributed by atoms with Crippen LogP contribution in [0.25, 0.3) is 0 Å². The maximum Gasteiger partial charge on any atom is 0.248 e. The largest absolute Gasteiger partial charge is 0.340 e. The standard InChI is InChI=1S/C15H28N2O2/c1-5-15(6-2)14(19)17(11-13(18)16-15)10-8-7-9-12(3)4/h12H,5-11H2,1-4H3,(H,16,18). The van der Waals surface area contributed by atoms with Gasteiger partial charge in [-0.2, -0.15) is 0 Å². The SMILES string of the molecule is CCC1(CC)NC(=O)CN(CCCCC(C)C)C1=O. The van der Waals surface area contributed by atoms with E-state index >= 15 is 0 Å². The molecule has 0 aliphatic carbocycles. The van der Waals surface area contributed by atoms with Gasteiger partial charge in [-0.25, -0.2) is 0 Å². The van der Waals surface area contributed by atoms with Crippen LogP contribution in [-0.4, -0.2) is 35.3 Å². The summed E-state index contributed by atoms with van der Waals surface area (Å²) in [6.07, 6.45) is 4.61. The fourth-order valence-corrected chi connectivity index (χ4v) is 2.67. The smallest absolute Gasteiger partial charge is 0.248 e. The lowest BCUT2D eigenvalue weighted by atomic mass is 9.89. The summed E-state index contributed by atoms with van der Waals surface area (Å²) in [6, 6.07) is 0. The van der Waals surface area contributed by atoms with E-state index in [2.05, 4.69) is 19.2 Å². The molecule has 19 heavy (non-hydrogen) atoms. The zero-order valence-electron chi connectivity index (χ0n) is 12.8. The minimum atomic E-state index is -0.659. The van der Waals surface area contributed by atoms with Crippen LogP contribution in [0.5, 0.6) is 0 Å². The molecular weight excluding hydrogens is 240 g/mol. The molecule has 0 spiro atoms. The molecule has 1 aliphatic rings. The average molecular weight is 268 g/mol. The molecule has 110 valence electrons. The van der Waals surface area contributed by atoms with Gasteiger partial charge in [0.15, 0.2) is 0 Å². The first kappa shape index (κ1) is 16.0. The van der Waals surface area contributed by atoms with Crippen molar-refractivity contribution in [2.45, 2.75) is 65.3 Å². The van der Waals surface area contributed by atoms with Crippen molar-refractivity contribution in [3.63, 3.8) is 0 Å². The molecule has 2 amide bonds. The van der Waals surface area contributed by atoms with E-state index in [1.54, 1.807) is 4.90 Å². The third-order valence-electron chi connectivity index (χ3n) is 4.08. The van der Waals surface area contributed by atoms with Gasteiger partial charge in [-0.1, -0.05) is 40.5 Å². The number of piperazine rings is 1. The number of carbonyl (C=O) groups excluding carboxylic acids is 2. The van der Waals surface area contributed by atoms with Crippen molar-refractivity contribution < 1.29 is 9.59 Å². The summed E-state index contributed by atoms with van der Waals surface area (Å²) in [5.74, 6) is 0.777. The molecule has 1 heterocycles. The van der Waals surface area contributed by atoms with Gasteiger partial charge in [0.05, 0.1) is 6.54 Å². The van der Waals surface area contributed by atoms with Crippen LogP contribution in [0.3, 0.4) is 0 Å². The van der Waals surface area contributed by atoms with E-state index in [-0.39, 0.29) is 18.4 Å². The Balaban J connectivity index is 2.57. The Bertz CT molecular complexity index is 322. The predicted molar refractivity (Wildman–Crippen MR) is 76.7 cm³/mol. The number of hydrogen-bond donors (Lipinski definition) is 1. The number of unbranched alkanes of at least 4 members (excludes halogenated alkanes) is 1. The molecule has 1 rings (SSSR count). The second kappa shape index (κ2) is 6.92. The Morgan fingerprint density at radius 2 is 1.84 bits per heavy atom. The van der Waals surface area contributed by atoms with Crippen LogP contribution < -0.4 is 5.32 Å². The molecule has 4 nitrogen and oxygen atoms in total. The Morgan fingerprint density at radius 1 is 1.21 bits per heavy atom. The minimum absolute atomic E-state index is 0.0211. The molecule has 1 aliphatic heterocycles. The lowest BCUT2D eigenvalue weighted by Crippen LogP contribution is -2.66. The van der Waals surface area contributed by atoms with Gasteiger partial charge in [0, 0.05) is 6.54 Å². The van der Waals surface area contributed by atoms with Crippen molar-refractivity contribution in [2.75, 3.05) is 13.1 Å². The maximum atomic E-state index is 12.5. The molecule has 0 bridgehead atoms. The average Bonchev–Trinajstić information content (AvgIpc) is 2.38. The molecule has 0 unspecified atom stereocenters. The lowest BCUT2D eigenvalue weighted by Gasteiger charge is -2.41. The quantitative estimate of drug-likeness (QED) is 0.720. The highest BCUT2D eigenvalue weighted by atomic mass is 16.2. The zero-order valence-corrected chi connectivity index (χ0v) is 12.8. The third kappa shape index (κ3) is 3.95. The normalized spacial score (nSPS) is 18.9. The molecule has 0 radical (unpaired) electrons. The summed E-state index contributed by atoms with van der Waals surface area (Å²) in [5, 5.41) is 2.89. The Labute approximate surface area is 116 Å². The Morgan fingerprint density at radius 3 is 2.37 bits per heavy atom. The lowest BCUT2D eigenvalue weighted by molar-refractivity contribution is -0.150. The summed E-state index contributed by atoms with van der Waals surface area (Å²) in [5.41, 5.74) is -0.659. The van der Waals surface area contributed by atoms with E-state index in [0.717, 1.165) is 12.8 Å². The topological polar surface area (TPSA) is 49.4 Å². The van der Waals surface area contributed by atoms with E-state index < -0.39 is 5.54 Å². The monoisotopic (exact) mass is 268 g/mol. The number of carbonyl (C=O) groups is 2. The second-order valence-corrected chi connectivity index (χ2v) is 5.95. The van der Waals surface area contributed by atoms with Gasteiger partial charge in [-0.05, 0) is 25.2 Å². The van der Waals surface area contributed by atoms with E-state index in [0.29, 0.717) is 25.3 Å². The van der Waals surface area contributed by atoms with Gasteiger partial charge in [0.25, 0.3) is 0 Å². The van der Waals surface area contributed by atoms with Crippen LogP contribution in [0.2, 0.25) is 0 Å². The Kier molecular flexibility index (Phi) is 5.83. The highest BCUT2D eigenvalue weighted by molar-refractivity contribution is 5.97. The van der Waals surface area contributed by atoms with Crippen molar-refractivity contribution in [3.05, 3.63) is 0 Å². The van der Waals surface area contributed by atoms with Crippen molar-refractivity contribution in [3.8, 4) is 0 Å². The van der Waals surface area contributed by atoms with Crippen LogP contribution in [-0.2, 0) is 9.59 Å². The molecule has 0 saturated carbocycles. The molecule has 0 aromatic heterocycles. The van der Waals surface area contributed by atoms with Crippen molar-refractivity contribution in [1.29, 1.82) is 0 Å². The van der Waals surface area contributed by atoms with Crippen LogP contribution in [0.1, 0.15) is 59.8 Å². The second-order valence-electron chi connectivity index (χ2n) is 5.95. The predicted octanol–water partition coefficient (Wildman–Crippen LogP) is 2.33. The molecule has 1 saturated heterocycles. The van der Waals surface area contributed by atoms with Crippen LogP contribution >= 0.6 is 0 Å². The van der Waals surface area contributed by atoms with E-state index in [1.807, 2.05) is 13.8 Å². The summed E-state index contributed by atoms with van der Waals surface area (Å²) >= 11 is 0. The van der Waals surface area contributed by atoms with E-state index in [4.69, 9.17) is 0 Å². The first-order valence-corrected chi connectivity index (χ1v) is 7.55. The van der Waals surface area contributed by atoms with Crippen LogP contribution in [0.15, 0.2) is 0 Å². The molecule has 1 N–H and O–H groups in total. The van der Waals surface area contributed by atoms with Gasteiger partial charge in [0.1, 0.15) is 5.54 Å².